The Morgan fingerprint density at radius 3 is 2.47 bits per heavy atom. The number of carbonyl (C=O) groups is 1. The molecule has 1 saturated heterocycles. The Balaban J connectivity index is 2.21. The van der Waals surface area contributed by atoms with Crippen LogP contribution >= 0.6 is 0 Å². The molecule has 0 aliphatic carbocycles. The number of pyridine rings is 1. The lowest BCUT2D eigenvalue weighted by molar-refractivity contribution is -0.129. The van der Waals surface area contributed by atoms with E-state index in [0.29, 0.717) is 6.54 Å². The number of aryl methyl sites for hydroxylation is 2. The molecular formula is C14H22N4O. The van der Waals surface area contributed by atoms with Crippen LogP contribution in [-0.2, 0) is 11.3 Å². The van der Waals surface area contributed by atoms with Crippen molar-refractivity contribution < 1.29 is 4.79 Å². The minimum absolute atomic E-state index is 0.154. The van der Waals surface area contributed by atoms with Crippen LogP contribution in [0.5, 0.6) is 0 Å². The molecule has 0 aromatic carbocycles. The molecule has 0 bridgehead atoms. The lowest BCUT2D eigenvalue weighted by atomic mass is 10.1. The van der Waals surface area contributed by atoms with Crippen molar-refractivity contribution in [3.63, 3.8) is 0 Å². The molecule has 0 radical (unpaired) electrons. The monoisotopic (exact) mass is 262 g/mol. The Labute approximate surface area is 114 Å². The molecule has 1 aromatic heterocycles. The second-order valence-corrected chi connectivity index (χ2v) is 5.04. The number of carbonyl (C=O) groups excluding carboxylic acids is 1. The van der Waals surface area contributed by atoms with E-state index in [9.17, 15) is 4.79 Å². The molecule has 1 fully saturated rings. The van der Waals surface area contributed by atoms with Gasteiger partial charge in [-0.2, -0.15) is 0 Å². The van der Waals surface area contributed by atoms with Crippen molar-refractivity contribution in [2.75, 3.05) is 31.1 Å². The van der Waals surface area contributed by atoms with Crippen LogP contribution in [0.1, 0.15) is 23.9 Å². The summed E-state index contributed by atoms with van der Waals surface area (Å²) in [5, 5.41) is 0. The zero-order valence-corrected chi connectivity index (χ0v) is 11.9. The highest BCUT2D eigenvalue weighted by Crippen LogP contribution is 2.24. The van der Waals surface area contributed by atoms with Crippen LogP contribution in [0.4, 0.5) is 5.69 Å². The fraction of sp³-hybridized carbons (Fsp3) is 0.571. The first-order valence-corrected chi connectivity index (χ1v) is 6.70. The summed E-state index contributed by atoms with van der Waals surface area (Å²) >= 11 is 0. The molecule has 1 aromatic rings. The first-order chi connectivity index (χ1) is 9.02. The van der Waals surface area contributed by atoms with Gasteiger partial charge in [0.15, 0.2) is 0 Å². The van der Waals surface area contributed by atoms with Crippen LogP contribution in [0, 0.1) is 13.8 Å². The van der Waals surface area contributed by atoms with Gasteiger partial charge < -0.3 is 15.5 Å². The van der Waals surface area contributed by atoms with E-state index in [-0.39, 0.29) is 5.91 Å². The number of piperazine rings is 1. The van der Waals surface area contributed by atoms with Gasteiger partial charge in [0.25, 0.3) is 0 Å². The SMILES string of the molecule is CC(=O)N1CCN(c2cc(C)nc(C)c2CN)CC1. The lowest BCUT2D eigenvalue weighted by Gasteiger charge is -2.36. The van der Waals surface area contributed by atoms with Gasteiger partial charge in [-0.05, 0) is 19.9 Å². The van der Waals surface area contributed by atoms with Gasteiger partial charge in [0.2, 0.25) is 5.91 Å². The highest BCUT2D eigenvalue weighted by molar-refractivity contribution is 5.73. The summed E-state index contributed by atoms with van der Waals surface area (Å²) in [6.45, 7) is 9.40. The number of hydrogen-bond donors (Lipinski definition) is 1. The maximum Gasteiger partial charge on any atom is 0.219 e. The first kappa shape index (κ1) is 13.8. The van der Waals surface area contributed by atoms with Gasteiger partial charge in [0.1, 0.15) is 0 Å². The molecule has 5 heteroatoms. The third-order valence-corrected chi connectivity index (χ3v) is 3.71. The van der Waals surface area contributed by atoms with Gasteiger partial charge in [-0.15, -0.1) is 0 Å². The topological polar surface area (TPSA) is 62.5 Å². The van der Waals surface area contributed by atoms with E-state index in [0.717, 1.165) is 43.1 Å². The fourth-order valence-electron chi connectivity index (χ4n) is 2.63. The van der Waals surface area contributed by atoms with Crippen LogP contribution in [0.25, 0.3) is 0 Å². The summed E-state index contributed by atoms with van der Waals surface area (Å²) in [6.07, 6.45) is 0. The second kappa shape index (κ2) is 5.57. The molecule has 2 heterocycles. The largest absolute Gasteiger partial charge is 0.368 e. The Morgan fingerprint density at radius 2 is 1.95 bits per heavy atom. The van der Waals surface area contributed by atoms with Crippen LogP contribution in [0.15, 0.2) is 6.07 Å². The van der Waals surface area contributed by atoms with Gasteiger partial charge in [-0.25, -0.2) is 0 Å². The highest BCUT2D eigenvalue weighted by atomic mass is 16.2. The molecule has 0 spiro atoms. The van der Waals surface area contributed by atoms with E-state index in [1.165, 1.54) is 5.69 Å². The zero-order chi connectivity index (χ0) is 14.0. The third kappa shape index (κ3) is 2.87. The van der Waals surface area contributed by atoms with Crippen LogP contribution in [-0.4, -0.2) is 42.0 Å². The fourth-order valence-corrected chi connectivity index (χ4v) is 2.63. The number of anilines is 1. The van der Waals surface area contributed by atoms with Gasteiger partial charge in [-0.1, -0.05) is 0 Å². The molecule has 0 saturated carbocycles. The summed E-state index contributed by atoms with van der Waals surface area (Å²) in [5.41, 5.74) is 10.2. The Bertz CT molecular complexity index is 479. The molecular weight excluding hydrogens is 240 g/mol. The van der Waals surface area contributed by atoms with Crippen molar-refractivity contribution in [1.82, 2.24) is 9.88 Å². The Hall–Kier alpha value is -1.62. The molecule has 0 unspecified atom stereocenters. The molecule has 1 amide bonds. The van der Waals surface area contributed by atoms with E-state index < -0.39 is 0 Å². The maximum atomic E-state index is 11.4. The number of amides is 1. The minimum Gasteiger partial charge on any atom is -0.368 e. The quantitative estimate of drug-likeness (QED) is 0.857. The normalized spacial score (nSPS) is 15.8. The third-order valence-electron chi connectivity index (χ3n) is 3.71. The summed E-state index contributed by atoms with van der Waals surface area (Å²) in [4.78, 5) is 20.0. The first-order valence-electron chi connectivity index (χ1n) is 6.70. The second-order valence-electron chi connectivity index (χ2n) is 5.04. The predicted molar refractivity (Wildman–Crippen MR) is 76.1 cm³/mol. The zero-order valence-electron chi connectivity index (χ0n) is 11.9. The standard InChI is InChI=1S/C14H22N4O/c1-10-8-14(13(9-15)11(2)16-10)18-6-4-17(5-7-18)12(3)19/h8H,4-7,9,15H2,1-3H3. The lowest BCUT2D eigenvalue weighted by Crippen LogP contribution is -2.48. The molecule has 19 heavy (non-hydrogen) atoms. The minimum atomic E-state index is 0.154. The van der Waals surface area contributed by atoms with E-state index in [1.807, 2.05) is 18.7 Å². The van der Waals surface area contributed by atoms with Crippen LogP contribution in [0.3, 0.4) is 0 Å². The van der Waals surface area contributed by atoms with Gasteiger partial charge in [0.05, 0.1) is 0 Å². The van der Waals surface area contributed by atoms with E-state index >= 15 is 0 Å². The molecule has 5 nitrogen and oxygen atoms in total. The van der Waals surface area contributed by atoms with Crippen LogP contribution in [0.2, 0.25) is 0 Å². The maximum absolute atomic E-state index is 11.4. The molecule has 1 aliphatic rings. The van der Waals surface area contributed by atoms with Crippen molar-refractivity contribution in [2.24, 2.45) is 5.73 Å². The predicted octanol–water partition coefficient (Wildman–Crippen LogP) is 0.826. The van der Waals surface area contributed by atoms with Crippen molar-refractivity contribution in [2.45, 2.75) is 27.3 Å². The van der Waals surface area contributed by atoms with E-state index in [1.54, 1.807) is 6.92 Å². The van der Waals surface area contributed by atoms with Gasteiger partial charge >= 0.3 is 0 Å². The van der Waals surface area contributed by atoms with Crippen LogP contribution < -0.4 is 10.6 Å². The Kier molecular flexibility index (Phi) is 4.04. The summed E-state index contributed by atoms with van der Waals surface area (Å²) in [6, 6.07) is 2.10. The number of rotatable bonds is 2. The van der Waals surface area contributed by atoms with E-state index in [4.69, 9.17) is 5.73 Å². The molecule has 0 atom stereocenters. The van der Waals surface area contributed by atoms with Gasteiger partial charge in [-0.3, -0.25) is 9.78 Å². The average molecular weight is 262 g/mol. The van der Waals surface area contributed by atoms with Gasteiger partial charge in [0, 0.05) is 62.3 Å². The number of aromatic nitrogens is 1. The molecule has 2 rings (SSSR count). The van der Waals surface area contributed by atoms with Crippen molar-refractivity contribution in [3.05, 3.63) is 23.0 Å². The summed E-state index contributed by atoms with van der Waals surface area (Å²) < 4.78 is 0. The Morgan fingerprint density at radius 1 is 1.32 bits per heavy atom. The van der Waals surface area contributed by atoms with Crippen molar-refractivity contribution in [1.29, 1.82) is 0 Å². The molecule has 104 valence electrons. The summed E-state index contributed by atoms with van der Waals surface area (Å²) in [5.74, 6) is 0.154. The van der Waals surface area contributed by atoms with Crippen molar-refractivity contribution >= 4 is 11.6 Å². The number of nitrogens with zero attached hydrogens (tertiary/aromatic N) is 3. The van der Waals surface area contributed by atoms with E-state index in [2.05, 4.69) is 16.0 Å². The molecule has 1 aliphatic heterocycles. The molecule has 2 N–H and O–H groups in total. The summed E-state index contributed by atoms with van der Waals surface area (Å²) in [7, 11) is 0. The highest BCUT2D eigenvalue weighted by Gasteiger charge is 2.21. The number of hydrogen-bond acceptors (Lipinski definition) is 4. The smallest absolute Gasteiger partial charge is 0.219 e. The van der Waals surface area contributed by atoms with Crippen molar-refractivity contribution in [3.8, 4) is 0 Å². The average Bonchev–Trinajstić information content (AvgIpc) is 2.38. The number of nitrogens with two attached hydrogens (primary N) is 1.